The second-order valence-corrected chi connectivity index (χ2v) is 7.03. The van der Waals surface area contributed by atoms with Gasteiger partial charge < -0.3 is 15.2 Å². The summed E-state index contributed by atoms with van der Waals surface area (Å²) in [5.74, 6) is -0.538. The molecular weight excluding hydrogens is 258 g/mol. The van der Waals surface area contributed by atoms with Crippen molar-refractivity contribution in [2.24, 2.45) is 5.73 Å². The van der Waals surface area contributed by atoms with Crippen LogP contribution in [0.4, 0.5) is 0 Å². The maximum atomic E-state index is 11.6. The Morgan fingerprint density at radius 3 is 1.85 bits per heavy atom. The topological polar surface area (TPSA) is 78.6 Å². The van der Waals surface area contributed by atoms with Crippen LogP contribution in [-0.4, -0.2) is 29.2 Å². The van der Waals surface area contributed by atoms with E-state index in [1.807, 2.05) is 41.5 Å². The Bertz CT molecular complexity index is 326. The molecule has 0 aromatic heterocycles. The first kappa shape index (κ1) is 18.9. The fraction of sp³-hybridized carbons (Fsp3) is 0.867. The third kappa shape index (κ3) is 12.0. The zero-order chi connectivity index (χ0) is 16.0. The minimum absolute atomic E-state index is 0.172. The van der Waals surface area contributed by atoms with Crippen molar-refractivity contribution in [3.05, 3.63) is 0 Å². The predicted octanol–water partition coefficient (Wildman–Crippen LogP) is 2.56. The molecule has 0 bridgehead atoms. The number of rotatable bonds is 6. The molecule has 0 aliphatic rings. The van der Waals surface area contributed by atoms with E-state index in [9.17, 15) is 9.59 Å². The number of carbonyl (C=O) groups excluding carboxylic acids is 2. The molecule has 1 atom stereocenters. The van der Waals surface area contributed by atoms with Crippen LogP contribution in [0.25, 0.3) is 0 Å². The molecule has 0 aliphatic carbocycles. The van der Waals surface area contributed by atoms with Gasteiger partial charge in [0.15, 0.2) is 0 Å². The average molecular weight is 287 g/mol. The lowest BCUT2D eigenvalue weighted by Crippen LogP contribution is -2.30. The van der Waals surface area contributed by atoms with Crippen LogP contribution in [0, 0.1) is 0 Å². The van der Waals surface area contributed by atoms with Gasteiger partial charge >= 0.3 is 11.9 Å². The van der Waals surface area contributed by atoms with Gasteiger partial charge in [0, 0.05) is 12.5 Å². The van der Waals surface area contributed by atoms with E-state index in [2.05, 4.69) is 0 Å². The first-order chi connectivity index (χ1) is 8.89. The van der Waals surface area contributed by atoms with Crippen molar-refractivity contribution >= 4 is 11.9 Å². The minimum atomic E-state index is -0.493. The molecule has 0 saturated heterocycles. The third-order valence-electron chi connectivity index (χ3n) is 2.22. The van der Waals surface area contributed by atoms with E-state index in [4.69, 9.17) is 15.2 Å². The molecule has 0 aromatic rings. The summed E-state index contributed by atoms with van der Waals surface area (Å²) in [6.45, 7) is 11.0. The molecule has 0 rings (SSSR count). The lowest BCUT2D eigenvalue weighted by molar-refractivity contribution is -0.155. The number of hydrogen-bond acceptors (Lipinski definition) is 5. The van der Waals surface area contributed by atoms with E-state index in [1.54, 1.807) is 0 Å². The first-order valence-electron chi connectivity index (χ1n) is 7.08. The van der Waals surface area contributed by atoms with Crippen molar-refractivity contribution in [1.29, 1.82) is 0 Å². The maximum absolute atomic E-state index is 11.6. The Balaban J connectivity index is 3.87. The zero-order valence-electron chi connectivity index (χ0n) is 13.6. The van der Waals surface area contributed by atoms with E-state index in [-0.39, 0.29) is 24.4 Å². The van der Waals surface area contributed by atoms with Gasteiger partial charge in [0.05, 0.1) is 6.42 Å². The van der Waals surface area contributed by atoms with E-state index < -0.39 is 11.2 Å². The van der Waals surface area contributed by atoms with Gasteiger partial charge in [0.2, 0.25) is 0 Å². The van der Waals surface area contributed by atoms with Crippen molar-refractivity contribution in [2.45, 2.75) is 84.5 Å². The predicted molar refractivity (Wildman–Crippen MR) is 78.1 cm³/mol. The first-order valence-corrected chi connectivity index (χ1v) is 7.08. The second-order valence-electron chi connectivity index (χ2n) is 7.03. The Morgan fingerprint density at radius 1 is 0.950 bits per heavy atom. The fourth-order valence-corrected chi connectivity index (χ4v) is 1.60. The minimum Gasteiger partial charge on any atom is -0.460 e. The molecule has 2 N–H and O–H groups in total. The highest BCUT2D eigenvalue weighted by molar-refractivity contribution is 5.71. The molecule has 0 unspecified atom stereocenters. The lowest BCUT2D eigenvalue weighted by atomic mass is 10.1. The van der Waals surface area contributed by atoms with Crippen LogP contribution in [0.3, 0.4) is 0 Å². The smallest absolute Gasteiger partial charge is 0.307 e. The van der Waals surface area contributed by atoms with Crippen LogP contribution in [0.15, 0.2) is 0 Å². The van der Waals surface area contributed by atoms with Gasteiger partial charge in [0.25, 0.3) is 0 Å². The normalized spacial score (nSPS) is 13.8. The third-order valence-corrected chi connectivity index (χ3v) is 2.22. The fourth-order valence-electron chi connectivity index (χ4n) is 1.60. The molecule has 0 radical (unpaired) electrons. The van der Waals surface area contributed by atoms with Crippen molar-refractivity contribution in [3.8, 4) is 0 Å². The summed E-state index contributed by atoms with van der Waals surface area (Å²) in [7, 11) is 0. The Kier molecular flexibility index (Phi) is 7.20. The van der Waals surface area contributed by atoms with Crippen LogP contribution in [0.2, 0.25) is 0 Å². The number of esters is 2. The molecule has 0 aliphatic heterocycles. The van der Waals surface area contributed by atoms with E-state index in [1.165, 1.54) is 0 Å². The average Bonchev–Trinajstić information content (AvgIpc) is 2.10. The van der Waals surface area contributed by atoms with Crippen LogP contribution in [0.1, 0.15) is 67.2 Å². The van der Waals surface area contributed by atoms with Crippen molar-refractivity contribution in [2.75, 3.05) is 0 Å². The molecule has 0 spiro atoms. The highest BCUT2D eigenvalue weighted by Gasteiger charge is 2.19. The maximum Gasteiger partial charge on any atom is 0.307 e. The molecule has 5 nitrogen and oxygen atoms in total. The summed E-state index contributed by atoms with van der Waals surface area (Å²) in [5, 5.41) is 0. The number of hydrogen-bond donors (Lipinski definition) is 1. The quantitative estimate of drug-likeness (QED) is 0.759. The van der Waals surface area contributed by atoms with Gasteiger partial charge in [-0.15, -0.1) is 0 Å². The van der Waals surface area contributed by atoms with E-state index in [0.717, 1.165) is 0 Å². The molecule has 118 valence electrons. The van der Waals surface area contributed by atoms with Crippen molar-refractivity contribution in [1.82, 2.24) is 0 Å². The summed E-state index contributed by atoms with van der Waals surface area (Å²) in [6.07, 6.45) is 1.70. The van der Waals surface area contributed by atoms with Crippen molar-refractivity contribution < 1.29 is 19.1 Å². The number of ether oxygens (including phenoxy) is 2. The Morgan fingerprint density at radius 2 is 1.40 bits per heavy atom. The van der Waals surface area contributed by atoms with Gasteiger partial charge in [0.1, 0.15) is 11.2 Å². The zero-order valence-corrected chi connectivity index (χ0v) is 13.6. The van der Waals surface area contributed by atoms with Gasteiger partial charge in [-0.2, -0.15) is 0 Å². The van der Waals surface area contributed by atoms with Gasteiger partial charge in [-0.3, -0.25) is 9.59 Å². The molecule has 0 aromatic carbocycles. The van der Waals surface area contributed by atoms with Crippen molar-refractivity contribution in [3.63, 3.8) is 0 Å². The van der Waals surface area contributed by atoms with Gasteiger partial charge in [-0.1, -0.05) is 0 Å². The Labute approximate surface area is 122 Å². The molecular formula is C15H29NO4. The summed E-state index contributed by atoms with van der Waals surface area (Å²) in [4.78, 5) is 23.1. The van der Waals surface area contributed by atoms with Crippen LogP contribution >= 0.6 is 0 Å². The molecule has 20 heavy (non-hydrogen) atoms. The van der Waals surface area contributed by atoms with Gasteiger partial charge in [-0.25, -0.2) is 0 Å². The molecule has 0 fully saturated rings. The van der Waals surface area contributed by atoms with Crippen LogP contribution in [0.5, 0.6) is 0 Å². The highest BCUT2D eigenvalue weighted by Crippen LogP contribution is 2.13. The summed E-state index contributed by atoms with van der Waals surface area (Å²) in [6, 6.07) is -0.285. The van der Waals surface area contributed by atoms with E-state index >= 15 is 0 Å². The SMILES string of the molecule is CC(C)(C)OC(=O)CCC[C@H](N)CC(=O)OC(C)(C)C. The standard InChI is InChI=1S/C15H29NO4/c1-14(2,3)19-12(17)9-7-8-11(16)10-13(18)20-15(4,5)6/h11H,7-10,16H2,1-6H3/t11-/m0/s1. The number of nitrogens with two attached hydrogens (primary N) is 1. The molecule has 0 heterocycles. The summed E-state index contributed by atoms with van der Waals surface area (Å²) < 4.78 is 10.4. The summed E-state index contributed by atoms with van der Waals surface area (Å²) >= 11 is 0. The van der Waals surface area contributed by atoms with Gasteiger partial charge in [-0.05, 0) is 54.4 Å². The number of carbonyl (C=O) groups is 2. The van der Waals surface area contributed by atoms with E-state index in [0.29, 0.717) is 19.3 Å². The molecule has 0 amide bonds. The Hall–Kier alpha value is -1.10. The lowest BCUT2D eigenvalue weighted by Gasteiger charge is -2.21. The molecule has 0 saturated carbocycles. The summed E-state index contributed by atoms with van der Waals surface area (Å²) in [5.41, 5.74) is 4.90. The monoisotopic (exact) mass is 287 g/mol. The molecule has 5 heteroatoms. The highest BCUT2D eigenvalue weighted by atomic mass is 16.6. The largest absolute Gasteiger partial charge is 0.460 e. The van der Waals surface area contributed by atoms with Crippen LogP contribution in [-0.2, 0) is 19.1 Å². The second kappa shape index (κ2) is 7.62. The van der Waals surface area contributed by atoms with Crippen LogP contribution < -0.4 is 5.73 Å².